The Bertz CT molecular complexity index is 193. The van der Waals surface area contributed by atoms with Crippen LogP contribution in [0.3, 0.4) is 0 Å². The van der Waals surface area contributed by atoms with Crippen LogP contribution in [0.4, 0.5) is 0 Å². The van der Waals surface area contributed by atoms with Gasteiger partial charge < -0.3 is 9.64 Å². The zero-order chi connectivity index (χ0) is 13.1. The van der Waals surface area contributed by atoms with Crippen molar-refractivity contribution in [3.05, 3.63) is 0 Å². The summed E-state index contributed by atoms with van der Waals surface area (Å²) in [4.78, 5) is 13.7. The molecule has 0 saturated carbocycles. The van der Waals surface area contributed by atoms with Gasteiger partial charge in [0, 0.05) is 13.0 Å². The summed E-state index contributed by atoms with van der Waals surface area (Å²) in [7, 11) is 4.05. The molecule has 0 heterocycles. The molecule has 0 fully saturated rings. The Hall–Kier alpha value is -0.570. The van der Waals surface area contributed by atoms with Gasteiger partial charge in [0.15, 0.2) is 0 Å². The van der Waals surface area contributed by atoms with E-state index in [0.29, 0.717) is 18.9 Å². The minimum Gasteiger partial charge on any atom is -0.466 e. The van der Waals surface area contributed by atoms with Crippen molar-refractivity contribution < 1.29 is 9.53 Å². The van der Waals surface area contributed by atoms with Crippen LogP contribution in [-0.4, -0.2) is 38.1 Å². The summed E-state index contributed by atoms with van der Waals surface area (Å²) < 4.78 is 5.24. The zero-order valence-electron chi connectivity index (χ0n) is 12.0. The van der Waals surface area contributed by atoms with E-state index in [4.69, 9.17) is 4.74 Å². The second-order valence-corrected chi connectivity index (χ2v) is 5.00. The minimum absolute atomic E-state index is 0.0216. The van der Waals surface area contributed by atoms with Gasteiger partial charge in [-0.1, -0.05) is 33.1 Å². The number of hydrogen-bond donors (Lipinski definition) is 0. The minimum atomic E-state index is -0.0216. The molecular weight excluding hydrogens is 214 g/mol. The maximum atomic E-state index is 11.6. The largest absolute Gasteiger partial charge is 0.466 e. The quantitative estimate of drug-likeness (QED) is 0.436. The van der Waals surface area contributed by atoms with Crippen LogP contribution < -0.4 is 0 Å². The molecule has 17 heavy (non-hydrogen) atoms. The first-order valence-electron chi connectivity index (χ1n) is 6.90. The molecule has 102 valence electrons. The molecule has 0 bridgehead atoms. The summed E-state index contributed by atoms with van der Waals surface area (Å²) in [6.07, 6.45) is 6.16. The summed E-state index contributed by atoms with van der Waals surface area (Å²) in [5, 5.41) is 0. The van der Waals surface area contributed by atoms with E-state index in [0.717, 1.165) is 25.8 Å². The van der Waals surface area contributed by atoms with Crippen LogP contribution in [0.1, 0.15) is 52.4 Å². The lowest BCUT2D eigenvalue weighted by Crippen LogP contribution is -2.17. The highest BCUT2D eigenvalue weighted by atomic mass is 16.5. The average Bonchev–Trinajstić information content (AvgIpc) is 2.29. The monoisotopic (exact) mass is 243 g/mol. The second kappa shape index (κ2) is 10.6. The predicted molar refractivity (Wildman–Crippen MR) is 72.1 cm³/mol. The molecule has 0 amide bonds. The van der Waals surface area contributed by atoms with E-state index in [9.17, 15) is 4.79 Å². The fraction of sp³-hybridized carbons (Fsp3) is 0.929. The van der Waals surface area contributed by atoms with Crippen molar-refractivity contribution in [1.29, 1.82) is 0 Å². The van der Waals surface area contributed by atoms with E-state index >= 15 is 0 Å². The van der Waals surface area contributed by atoms with Gasteiger partial charge in [0.1, 0.15) is 0 Å². The summed E-state index contributed by atoms with van der Waals surface area (Å²) in [5.74, 6) is 0.489. The van der Waals surface area contributed by atoms with Crippen LogP contribution in [-0.2, 0) is 9.53 Å². The highest BCUT2D eigenvalue weighted by Crippen LogP contribution is 2.17. The third kappa shape index (κ3) is 10.3. The van der Waals surface area contributed by atoms with E-state index in [1.165, 1.54) is 12.8 Å². The normalized spacial score (nSPS) is 12.8. The van der Waals surface area contributed by atoms with Crippen LogP contribution in [0.15, 0.2) is 0 Å². The molecule has 1 atom stereocenters. The van der Waals surface area contributed by atoms with Crippen LogP contribution in [0, 0.1) is 5.92 Å². The number of ether oxygens (including phenoxy) is 1. The number of hydrogen-bond acceptors (Lipinski definition) is 3. The molecule has 0 aliphatic heterocycles. The molecule has 1 unspecified atom stereocenters. The van der Waals surface area contributed by atoms with Crippen LogP contribution >= 0.6 is 0 Å². The number of rotatable bonds is 10. The molecule has 0 N–H and O–H groups in total. The van der Waals surface area contributed by atoms with Gasteiger partial charge in [0.2, 0.25) is 0 Å². The number of esters is 1. The lowest BCUT2D eigenvalue weighted by molar-refractivity contribution is -0.145. The van der Waals surface area contributed by atoms with Crippen LogP contribution in [0.25, 0.3) is 0 Å². The Morgan fingerprint density at radius 2 is 1.94 bits per heavy atom. The molecule has 3 heteroatoms. The summed E-state index contributed by atoms with van der Waals surface area (Å²) in [6.45, 7) is 5.87. The number of unbranched alkanes of at least 4 members (excludes halogenated alkanes) is 1. The molecule has 0 aromatic heterocycles. The molecule has 0 spiro atoms. The van der Waals surface area contributed by atoms with Crippen molar-refractivity contribution in [2.75, 3.05) is 27.2 Å². The van der Waals surface area contributed by atoms with E-state index in [2.05, 4.69) is 18.7 Å². The highest BCUT2D eigenvalue weighted by Gasteiger charge is 2.12. The third-order valence-electron chi connectivity index (χ3n) is 3.01. The Kier molecular flexibility index (Phi) is 10.2. The second-order valence-electron chi connectivity index (χ2n) is 5.00. The molecule has 0 aromatic carbocycles. The summed E-state index contributed by atoms with van der Waals surface area (Å²) >= 11 is 0. The van der Waals surface area contributed by atoms with Crippen molar-refractivity contribution in [3.8, 4) is 0 Å². The Labute approximate surface area is 107 Å². The Morgan fingerprint density at radius 1 is 1.24 bits per heavy atom. The van der Waals surface area contributed by atoms with Crippen molar-refractivity contribution in [2.24, 2.45) is 5.92 Å². The molecule has 0 radical (unpaired) electrons. The average molecular weight is 243 g/mol. The van der Waals surface area contributed by atoms with E-state index in [1.54, 1.807) is 0 Å². The first-order valence-corrected chi connectivity index (χ1v) is 6.90. The Morgan fingerprint density at radius 3 is 2.47 bits per heavy atom. The van der Waals surface area contributed by atoms with Gasteiger partial charge >= 0.3 is 5.97 Å². The van der Waals surface area contributed by atoms with Gasteiger partial charge in [0.25, 0.3) is 0 Å². The standard InChI is InChI=1S/C14H29NO2/c1-5-7-9-13(6-2)12-14(16)17-11-8-10-15(3)4/h13H,5-12H2,1-4H3. The van der Waals surface area contributed by atoms with Crippen LogP contribution in [0.5, 0.6) is 0 Å². The third-order valence-corrected chi connectivity index (χ3v) is 3.01. The lowest BCUT2D eigenvalue weighted by Gasteiger charge is -2.14. The van der Waals surface area contributed by atoms with Crippen LogP contribution in [0.2, 0.25) is 0 Å². The fourth-order valence-corrected chi connectivity index (χ4v) is 1.80. The Balaban J connectivity index is 3.60. The summed E-state index contributed by atoms with van der Waals surface area (Å²) in [5.41, 5.74) is 0. The highest BCUT2D eigenvalue weighted by molar-refractivity contribution is 5.69. The predicted octanol–water partition coefficient (Wildman–Crippen LogP) is 3.09. The maximum absolute atomic E-state index is 11.6. The van der Waals surface area contributed by atoms with Crippen molar-refractivity contribution >= 4 is 5.97 Å². The van der Waals surface area contributed by atoms with Crippen molar-refractivity contribution in [2.45, 2.75) is 52.4 Å². The van der Waals surface area contributed by atoms with Gasteiger partial charge in [-0.25, -0.2) is 0 Å². The van der Waals surface area contributed by atoms with Gasteiger partial charge in [-0.2, -0.15) is 0 Å². The lowest BCUT2D eigenvalue weighted by atomic mass is 9.96. The van der Waals surface area contributed by atoms with E-state index in [1.807, 2.05) is 14.1 Å². The topological polar surface area (TPSA) is 29.5 Å². The van der Waals surface area contributed by atoms with Crippen molar-refractivity contribution in [1.82, 2.24) is 4.90 Å². The zero-order valence-corrected chi connectivity index (χ0v) is 12.0. The first-order chi connectivity index (χ1) is 8.10. The smallest absolute Gasteiger partial charge is 0.306 e. The van der Waals surface area contributed by atoms with E-state index in [-0.39, 0.29) is 5.97 Å². The number of carbonyl (C=O) groups is 1. The number of nitrogens with zero attached hydrogens (tertiary/aromatic N) is 1. The molecule has 0 aromatic rings. The molecule has 3 nitrogen and oxygen atoms in total. The molecule has 0 rings (SSSR count). The molecule has 0 saturated heterocycles. The van der Waals surface area contributed by atoms with E-state index < -0.39 is 0 Å². The fourth-order valence-electron chi connectivity index (χ4n) is 1.80. The van der Waals surface area contributed by atoms with Gasteiger partial charge in [-0.15, -0.1) is 0 Å². The van der Waals surface area contributed by atoms with Gasteiger partial charge in [-0.05, 0) is 32.9 Å². The van der Waals surface area contributed by atoms with Gasteiger partial charge in [0.05, 0.1) is 6.61 Å². The summed E-state index contributed by atoms with van der Waals surface area (Å²) in [6, 6.07) is 0. The number of carbonyl (C=O) groups excluding carboxylic acids is 1. The molecule has 0 aliphatic carbocycles. The van der Waals surface area contributed by atoms with Crippen molar-refractivity contribution in [3.63, 3.8) is 0 Å². The molecular formula is C14H29NO2. The SMILES string of the molecule is CCCCC(CC)CC(=O)OCCCN(C)C. The molecule has 0 aliphatic rings. The van der Waals surface area contributed by atoms with Gasteiger partial charge in [-0.3, -0.25) is 4.79 Å². The first kappa shape index (κ1) is 16.4. The maximum Gasteiger partial charge on any atom is 0.306 e.